The highest BCUT2D eigenvalue weighted by Crippen LogP contribution is 2.27. The van der Waals surface area contributed by atoms with Gasteiger partial charge >= 0.3 is 5.97 Å². The van der Waals surface area contributed by atoms with Gasteiger partial charge in [-0.1, -0.05) is 55.1 Å². The zero-order valence-corrected chi connectivity index (χ0v) is 12.8. The van der Waals surface area contributed by atoms with Crippen molar-refractivity contribution in [2.24, 2.45) is 0 Å². The second-order valence-corrected chi connectivity index (χ2v) is 5.35. The lowest BCUT2D eigenvalue weighted by Crippen LogP contribution is -2.16. The van der Waals surface area contributed by atoms with Crippen LogP contribution in [-0.4, -0.2) is 11.1 Å². The predicted octanol–water partition coefficient (Wildman–Crippen LogP) is 4.17. The zero-order valence-electron chi connectivity index (χ0n) is 12.8. The van der Waals surface area contributed by atoms with E-state index in [4.69, 9.17) is 4.74 Å². The van der Waals surface area contributed by atoms with E-state index in [0.717, 1.165) is 10.8 Å². The Morgan fingerprint density at radius 3 is 2.42 bits per heavy atom. The third-order valence-electron chi connectivity index (χ3n) is 3.73. The largest absolute Gasteiger partial charge is 0.422 e. The van der Waals surface area contributed by atoms with E-state index in [9.17, 15) is 14.3 Å². The van der Waals surface area contributed by atoms with Gasteiger partial charge in [0.05, 0.1) is 5.57 Å². The van der Waals surface area contributed by atoms with Gasteiger partial charge in [0.2, 0.25) is 0 Å². The molecular formula is C20H15FO3. The molecule has 3 aromatic carbocycles. The minimum atomic E-state index is -1.26. The lowest BCUT2D eigenvalue weighted by Gasteiger charge is -2.14. The SMILES string of the molecule is C=C(C(=O)Oc1cccc2ccccc12)C(O)c1ccc(F)cc1. The molecule has 1 N–H and O–H groups in total. The molecule has 0 fully saturated rings. The molecule has 1 atom stereocenters. The van der Waals surface area contributed by atoms with Crippen LogP contribution in [0.15, 0.2) is 78.9 Å². The van der Waals surface area contributed by atoms with Gasteiger partial charge in [0, 0.05) is 5.39 Å². The van der Waals surface area contributed by atoms with Crippen molar-refractivity contribution >= 4 is 16.7 Å². The van der Waals surface area contributed by atoms with Crippen LogP contribution in [-0.2, 0) is 4.79 Å². The van der Waals surface area contributed by atoms with E-state index in [-0.39, 0.29) is 5.57 Å². The number of hydrogen-bond acceptors (Lipinski definition) is 3. The summed E-state index contributed by atoms with van der Waals surface area (Å²) in [6.45, 7) is 3.61. The molecule has 0 aliphatic rings. The highest BCUT2D eigenvalue weighted by atomic mass is 19.1. The van der Waals surface area contributed by atoms with Gasteiger partial charge in [-0.3, -0.25) is 0 Å². The number of rotatable bonds is 4. The number of hydrogen-bond donors (Lipinski definition) is 1. The summed E-state index contributed by atoms with van der Waals surface area (Å²) >= 11 is 0. The molecule has 120 valence electrons. The van der Waals surface area contributed by atoms with Crippen LogP contribution in [0.2, 0.25) is 0 Å². The Bertz CT molecular complexity index is 895. The van der Waals surface area contributed by atoms with E-state index in [1.54, 1.807) is 12.1 Å². The van der Waals surface area contributed by atoms with Crippen molar-refractivity contribution in [3.05, 3.63) is 90.3 Å². The first-order valence-corrected chi connectivity index (χ1v) is 7.38. The fourth-order valence-electron chi connectivity index (χ4n) is 2.41. The van der Waals surface area contributed by atoms with E-state index in [1.165, 1.54) is 24.3 Å². The predicted molar refractivity (Wildman–Crippen MR) is 90.1 cm³/mol. The molecule has 3 nitrogen and oxygen atoms in total. The molecule has 0 aliphatic heterocycles. The molecule has 0 aromatic heterocycles. The summed E-state index contributed by atoms with van der Waals surface area (Å²) in [6, 6.07) is 18.1. The molecule has 24 heavy (non-hydrogen) atoms. The molecule has 0 radical (unpaired) electrons. The Hall–Kier alpha value is -2.98. The second kappa shape index (κ2) is 6.64. The number of aliphatic hydroxyl groups is 1. The molecule has 0 spiro atoms. The standard InChI is InChI=1S/C20H15FO3/c1-13(19(22)15-9-11-16(21)12-10-15)20(23)24-18-8-4-6-14-5-2-3-7-17(14)18/h2-12,19,22H,1H2. The maximum absolute atomic E-state index is 12.9. The fraction of sp³-hybridized carbons (Fsp3) is 0.0500. The van der Waals surface area contributed by atoms with Crippen molar-refractivity contribution < 1.29 is 19.0 Å². The zero-order chi connectivity index (χ0) is 17.1. The smallest absolute Gasteiger partial charge is 0.341 e. The number of halogens is 1. The van der Waals surface area contributed by atoms with E-state index in [2.05, 4.69) is 6.58 Å². The van der Waals surface area contributed by atoms with Gasteiger partial charge in [-0.2, -0.15) is 0 Å². The summed E-state index contributed by atoms with van der Waals surface area (Å²) < 4.78 is 18.3. The van der Waals surface area contributed by atoms with Crippen LogP contribution in [0.5, 0.6) is 5.75 Å². The Labute approximate surface area is 138 Å². The van der Waals surface area contributed by atoms with E-state index >= 15 is 0 Å². The molecule has 0 heterocycles. The number of esters is 1. The van der Waals surface area contributed by atoms with Crippen LogP contribution in [0.1, 0.15) is 11.7 Å². The summed E-state index contributed by atoms with van der Waals surface area (Å²) in [4.78, 5) is 12.3. The lowest BCUT2D eigenvalue weighted by molar-refractivity contribution is -0.131. The van der Waals surface area contributed by atoms with Gasteiger partial charge in [0.1, 0.15) is 17.7 Å². The second-order valence-electron chi connectivity index (χ2n) is 5.35. The van der Waals surface area contributed by atoms with Gasteiger partial charge < -0.3 is 9.84 Å². The molecule has 0 amide bonds. The van der Waals surface area contributed by atoms with Crippen molar-refractivity contribution in [1.82, 2.24) is 0 Å². The number of benzene rings is 3. The fourth-order valence-corrected chi connectivity index (χ4v) is 2.41. The Morgan fingerprint density at radius 1 is 1.00 bits per heavy atom. The topological polar surface area (TPSA) is 46.5 Å². The average molecular weight is 322 g/mol. The summed E-state index contributed by atoms with van der Waals surface area (Å²) in [5.41, 5.74) is 0.255. The van der Waals surface area contributed by atoms with Gasteiger partial charge in [0.25, 0.3) is 0 Å². The minimum absolute atomic E-state index is 0.116. The van der Waals surface area contributed by atoms with Crippen LogP contribution in [0.3, 0.4) is 0 Å². The van der Waals surface area contributed by atoms with Crippen LogP contribution in [0, 0.1) is 5.82 Å². The number of ether oxygens (including phenoxy) is 1. The third-order valence-corrected chi connectivity index (χ3v) is 3.73. The number of carbonyl (C=O) groups excluding carboxylic acids is 1. The first-order valence-electron chi connectivity index (χ1n) is 7.38. The van der Waals surface area contributed by atoms with Gasteiger partial charge in [0.15, 0.2) is 0 Å². The Balaban J connectivity index is 1.81. The van der Waals surface area contributed by atoms with Crippen molar-refractivity contribution in [2.75, 3.05) is 0 Å². The van der Waals surface area contributed by atoms with Crippen LogP contribution in [0.4, 0.5) is 4.39 Å². The number of aliphatic hydroxyl groups excluding tert-OH is 1. The normalized spacial score (nSPS) is 11.9. The molecule has 0 saturated carbocycles. The molecule has 3 aromatic rings. The van der Waals surface area contributed by atoms with Crippen LogP contribution >= 0.6 is 0 Å². The highest BCUT2D eigenvalue weighted by Gasteiger charge is 2.21. The molecule has 1 unspecified atom stereocenters. The van der Waals surface area contributed by atoms with Crippen molar-refractivity contribution in [1.29, 1.82) is 0 Å². The lowest BCUT2D eigenvalue weighted by atomic mass is 10.0. The average Bonchev–Trinajstić information content (AvgIpc) is 2.61. The van der Waals surface area contributed by atoms with Crippen molar-refractivity contribution in [3.8, 4) is 5.75 Å². The minimum Gasteiger partial charge on any atom is -0.422 e. The Morgan fingerprint density at radius 2 is 1.67 bits per heavy atom. The summed E-state index contributed by atoms with van der Waals surface area (Å²) in [6.07, 6.45) is -1.26. The molecule has 0 aliphatic carbocycles. The first kappa shape index (κ1) is 15.9. The van der Waals surface area contributed by atoms with Crippen LogP contribution < -0.4 is 4.74 Å². The van der Waals surface area contributed by atoms with E-state index < -0.39 is 17.9 Å². The quantitative estimate of drug-likeness (QED) is 0.445. The van der Waals surface area contributed by atoms with Crippen molar-refractivity contribution in [3.63, 3.8) is 0 Å². The third kappa shape index (κ3) is 3.19. The summed E-state index contributed by atoms with van der Waals surface area (Å²) in [5, 5.41) is 11.9. The van der Waals surface area contributed by atoms with Gasteiger partial charge in [-0.15, -0.1) is 0 Å². The Kier molecular flexibility index (Phi) is 4.40. The molecular weight excluding hydrogens is 307 g/mol. The molecule has 4 heteroatoms. The summed E-state index contributed by atoms with van der Waals surface area (Å²) in [5.74, 6) is -0.761. The maximum atomic E-state index is 12.9. The van der Waals surface area contributed by atoms with E-state index in [0.29, 0.717) is 11.3 Å². The number of fused-ring (bicyclic) bond motifs is 1. The van der Waals surface area contributed by atoms with E-state index in [1.807, 2.05) is 30.3 Å². The maximum Gasteiger partial charge on any atom is 0.341 e. The van der Waals surface area contributed by atoms with Gasteiger partial charge in [-0.05, 0) is 29.1 Å². The summed E-state index contributed by atoms with van der Waals surface area (Å²) in [7, 11) is 0. The molecule has 0 saturated heterocycles. The monoisotopic (exact) mass is 322 g/mol. The van der Waals surface area contributed by atoms with Crippen molar-refractivity contribution in [2.45, 2.75) is 6.10 Å². The van der Waals surface area contributed by atoms with Gasteiger partial charge in [-0.25, -0.2) is 9.18 Å². The number of carbonyl (C=O) groups is 1. The molecule has 0 bridgehead atoms. The first-order chi connectivity index (χ1) is 11.6. The molecule has 3 rings (SSSR count). The highest BCUT2D eigenvalue weighted by molar-refractivity contribution is 5.95. The van der Waals surface area contributed by atoms with Crippen LogP contribution in [0.25, 0.3) is 10.8 Å².